The molecule has 1 aliphatic rings. The number of fused-ring (bicyclic) bond motifs is 1. The minimum Gasteiger partial charge on any atom is -0.376 e. The van der Waals surface area contributed by atoms with Crippen molar-refractivity contribution < 1.29 is 13.9 Å². The first-order valence-corrected chi connectivity index (χ1v) is 11.3. The van der Waals surface area contributed by atoms with Crippen LogP contribution in [-0.2, 0) is 16.1 Å². The molecule has 1 saturated heterocycles. The summed E-state index contributed by atoms with van der Waals surface area (Å²) in [5, 5.41) is 1.05. The molecule has 1 fully saturated rings. The number of halogens is 1. The number of nitrogens with zero attached hydrogens (tertiary/aromatic N) is 3. The first-order chi connectivity index (χ1) is 15.9. The lowest BCUT2D eigenvalue weighted by Gasteiger charge is -2.27. The molecule has 0 saturated carbocycles. The SMILES string of the molecule is Cc1cccc2cc(CN(CC3CCCO3)C(=O)C=Cc3cccc(F)c3)c(N(C)C)nc12. The quantitative estimate of drug-likeness (QED) is 0.480. The van der Waals surface area contributed by atoms with Crippen molar-refractivity contribution in [3.05, 3.63) is 77.1 Å². The first kappa shape index (κ1) is 22.9. The molecule has 5 nitrogen and oxygen atoms in total. The van der Waals surface area contributed by atoms with Gasteiger partial charge in [0.15, 0.2) is 0 Å². The van der Waals surface area contributed by atoms with Crippen LogP contribution in [0.4, 0.5) is 10.2 Å². The van der Waals surface area contributed by atoms with Crippen molar-refractivity contribution in [2.45, 2.75) is 32.4 Å². The Kier molecular flexibility index (Phi) is 7.04. The number of carbonyl (C=O) groups is 1. The van der Waals surface area contributed by atoms with Crippen LogP contribution in [-0.4, -0.2) is 49.1 Å². The third-order valence-electron chi connectivity index (χ3n) is 5.92. The average Bonchev–Trinajstić information content (AvgIpc) is 3.30. The van der Waals surface area contributed by atoms with Crippen molar-refractivity contribution in [3.8, 4) is 0 Å². The summed E-state index contributed by atoms with van der Waals surface area (Å²) >= 11 is 0. The molecule has 33 heavy (non-hydrogen) atoms. The fourth-order valence-electron chi connectivity index (χ4n) is 4.24. The second kappa shape index (κ2) is 10.1. The van der Waals surface area contributed by atoms with Gasteiger partial charge in [-0.2, -0.15) is 0 Å². The van der Waals surface area contributed by atoms with E-state index in [-0.39, 0.29) is 17.8 Å². The Hall–Kier alpha value is -3.25. The minimum absolute atomic E-state index is 0.0231. The van der Waals surface area contributed by atoms with Gasteiger partial charge in [-0.1, -0.05) is 30.3 Å². The van der Waals surface area contributed by atoms with E-state index < -0.39 is 0 Å². The highest BCUT2D eigenvalue weighted by Gasteiger charge is 2.23. The number of hydrogen-bond donors (Lipinski definition) is 0. The minimum atomic E-state index is -0.325. The monoisotopic (exact) mass is 447 g/mol. The lowest BCUT2D eigenvalue weighted by atomic mass is 10.1. The zero-order valence-corrected chi connectivity index (χ0v) is 19.4. The van der Waals surface area contributed by atoms with Crippen molar-refractivity contribution in [3.63, 3.8) is 0 Å². The van der Waals surface area contributed by atoms with Gasteiger partial charge in [-0.05, 0) is 55.2 Å². The number of amides is 1. The van der Waals surface area contributed by atoms with Gasteiger partial charge in [0.05, 0.1) is 11.6 Å². The summed E-state index contributed by atoms with van der Waals surface area (Å²) < 4.78 is 19.3. The zero-order chi connectivity index (χ0) is 23.4. The predicted molar refractivity (Wildman–Crippen MR) is 131 cm³/mol. The van der Waals surface area contributed by atoms with E-state index in [1.807, 2.05) is 31.1 Å². The van der Waals surface area contributed by atoms with Crippen LogP contribution in [0.25, 0.3) is 17.0 Å². The molecule has 6 heteroatoms. The molecule has 0 spiro atoms. The molecular formula is C27H30FN3O2. The molecule has 172 valence electrons. The van der Waals surface area contributed by atoms with E-state index in [1.165, 1.54) is 18.2 Å². The van der Waals surface area contributed by atoms with E-state index in [2.05, 4.69) is 19.1 Å². The number of para-hydroxylation sites is 1. The van der Waals surface area contributed by atoms with Crippen LogP contribution in [0.1, 0.15) is 29.5 Å². The Labute approximate surface area is 194 Å². The summed E-state index contributed by atoms with van der Waals surface area (Å²) in [4.78, 5) is 22.0. The van der Waals surface area contributed by atoms with E-state index in [0.29, 0.717) is 18.7 Å². The summed E-state index contributed by atoms with van der Waals surface area (Å²) in [6.07, 6.45) is 5.13. The highest BCUT2D eigenvalue weighted by molar-refractivity contribution is 5.92. The Balaban J connectivity index is 1.65. The molecule has 1 atom stereocenters. The molecule has 4 rings (SSSR count). The number of ether oxygens (including phenoxy) is 1. The van der Waals surface area contributed by atoms with Gasteiger partial charge in [-0.3, -0.25) is 4.79 Å². The summed E-state index contributed by atoms with van der Waals surface area (Å²) in [5.74, 6) is 0.383. The molecule has 0 aliphatic carbocycles. The zero-order valence-electron chi connectivity index (χ0n) is 19.4. The van der Waals surface area contributed by atoms with Crippen molar-refractivity contribution in [1.29, 1.82) is 0 Å². The summed E-state index contributed by atoms with van der Waals surface area (Å²) in [7, 11) is 3.93. The van der Waals surface area contributed by atoms with Gasteiger partial charge in [0.1, 0.15) is 11.6 Å². The lowest BCUT2D eigenvalue weighted by molar-refractivity contribution is -0.128. The summed E-state index contributed by atoms with van der Waals surface area (Å²) in [6.45, 7) is 3.70. The number of pyridine rings is 1. The van der Waals surface area contributed by atoms with Crippen LogP contribution in [0.15, 0.2) is 54.6 Å². The van der Waals surface area contributed by atoms with Gasteiger partial charge in [-0.15, -0.1) is 0 Å². The third-order valence-corrected chi connectivity index (χ3v) is 5.92. The molecule has 1 amide bonds. The second-order valence-corrected chi connectivity index (χ2v) is 8.75. The van der Waals surface area contributed by atoms with Crippen molar-refractivity contribution in [2.75, 3.05) is 32.1 Å². The maximum Gasteiger partial charge on any atom is 0.246 e. The van der Waals surface area contributed by atoms with Gasteiger partial charge < -0.3 is 14.5 Å². The Morgan fingerprint density at radius 2 is 2.03 bits per heavy atom. The highest BCUT2D eigenvalue weighted by atomic mass is 19.1. The average molecular weight is 448 g/mol. The maximum atomic E-state index is 13.5. The number of hydrogen-bond acceptors (Lipinski definition) is 4. The van der Waals surface area contributed by atoms with Gasteiger partial charge >= 0.3 is 0 Å². The Morgan fingerprint density at radius 1 is 1.21 bits per heavy atom. The van der Waals surface area contributed by atoms with E-state index in [0.717, 1.165) is 47.3 Å². The third kappa shape index (κ3) is 5.57. The Morgan fingerprint density at radius 3 is 2.76 bits per heavy atom. The summed E-state index contributed by atoms with van der Waals surface area (Å²) in [6, 6.07) is 14.5. The maximum absolute atomic E-state index is 13.5. The van der Waals surface area contributed by atoms with Crippen molar-refractivity contribution in [1.82, 2.24) is 9.88 Å². The number of aryl methyl sites for hydroxylation is 1. The van der Waals surface area contributed by atoms with Crippen LogP contribution >= 0.6 is 0 Å². The molecule has 2 aromatic carbocycles. The molecule has 2 heterocycles. The van der Waals surface area contributed by atoms with Crippen LogP contribution in [0.2, 0.25) is 0 Å². The Bertz CT molecular complexity index is 1170. The van der Waals surface area contributed by atoms with E-state index >= 15 is 0 Å². The lowest BCUT2D eigenvalue weighted by Crippen LogP contribution is -2.36. The van der Waals surface area contributed by atoms with E-state index in [1.54, 1.807) is 23.1 Å². The fourth-order valence-corrected chi connectivity index (χ4v) is 4.24. The van der Waals surface area contributed by atoms with Gasteiger partial charge in [0.25, 0.3) is 0 Å². The van der Waals surface area contributed by atoms with Crippen molar-refractivity contribution >= 4 is 28.7 Å². The highest BCUT2D eigenvalue weighted by Crippen LogP contribution is 2.26. The largest absolute Gasteiger partial charge is 0.376 e. The predicted octanol–water partition coefficient (Wildman–Crippen LogP) is 4.97. The number of benzene rings is 2. The van der Waals surface area contributed by atoms with Crippen LogP contribution < -0.4 is 4.90 Å². The van der Waals surface area contributed by atoms with Gasteiger partial charge in [0, 0.05) is 50.8 Å². The smallest absolute Gasteiger partial charge is 0.246 e. The van der Waals surface area contributed by atoms with E-state index in [4.69, 9.17) is 9.72 Å². The van der Waals surface area contributed by atoms with Crippen LogP contribution in [0, 0.1) is 12.7 Å². The second-order valence-electron chi connectivity index (χ2n) is 8.75. The molecular weight excluding hydrogens is 417 g/mol. The van der Waals surface area contributed by atoms with E-state index in [9.17, 15) is 9.18 Å². The fraction of sp³-hybridized carbons (Fsp3) is 0.333. The van der Waals surface area contributed by atoms with Gasteiger partial charge in [-0.25, -0.2) is 9.37 Å². The molecule has 0 bridgehead atoms. The van der Waals surface area contributed by atoms with Gasteiger partial charge in [0.2, 0.25) is 5.91 Å². The molecule has 1 unspecified atom stereocenters. The molecule has 1 aromatic heterocycles. The molecule has 3 aromatic rings. The number of carbonyl (C=O) groups excluding carboxylic acids is 1. The molecule has 1 aliphatic heterocycles. The number of aromatic nitrogens is 1. The normalized spacial score (nSPS) is 15.9. The first-order valence-electron chi connectivity index (χ1n) is 11.3. The number of anilines is 1. The number of rotatable bonds is 7. The van der Waals surface area contributed by atoms with Crippen LogP contribution in [0.5, 0.6) is 0 Å². The van der Waals surface area contributed by atoms with Crippen LogP contribution in [0.3, 0.4) is 0 Å². The summed E-state index contributed by atoms with van der Waals surface area (Å²) in [5.41, 5.74) is 3.71. The molecule has 0 radical (unpaired) electrons. The molecule has 0 N–H and O–H groups in total. The topological polar surface area (TPSA) is 45.7 Å². The standard InChI is InChI=1S/C27H30FN3O2/c1-19-7-4-9-21-16-22(27(30(2)3)29-26(19)21)17-31(18-24-11-6-14-33-24)25(32)13-12-20-8-5-10-23(28)15-20/h4-5,7-10,12-13,15-16,24H,6,11,14,17-18H2,1-3H3. The van der Waals surface area contributed by atoms with Crippen molar-refractivity contribution in [2.24, 2.45) is 0 Å².